The van der Waals surface area contributed by atoms with Crippen LogP contribution < -0.4 is 5.32 Å². The molecule has 0 aromatic rings. The van der Waals surface area contributed by atoms with Crippen LogP contribution in [0.4, 0.5) is 0 Å². The lowest BCUT2D eigenvalue weighted by Gasteiger charge is -2.61. The summed E-state index contributed by atoms with van der Waals surface area (Å²) >= 11 is 0. The molecule has 0 bridgehead atoms. The van der Waals surface area contributed by atoms with Gasteiger partial charge in [0.05, 0.1) is 17.8 Å². The fourth-order valence-corrected chi connectivity index (χ4v) is 7.14. The molecule has 4 nitrogen and oxygen atoms in total. The van der Waals surface area contributed by atoms with Gasteiger partial charge in [-0.15, -0.1) is 0 Å². The number of hydrogen-bond donors (Lipinski definition) is 2. The van der Waals surface area contributed by atoms with Crippen LogP contribution in [0, 0.1) is 23.2 Å². The maximum atomic E-state index is 11.7. The number of aliphatic hydroxyl groups excluding tert-OH is 1. The molecule has 8 atom stereocenters. The average Bonchev–Trinajstić information content (AvgIpc) is 2.77. The number of fused-ring (bicyclic) bond motifs is 3. The topological polar surface area (TPSA) is 50.7 Å². The molecular formula is C23H41NO3. The van der Waals surface area contributed by atoms with Gasteiger partial charge in [-0.3, -0.25) is 0 Å². The first-order valence-corrected chi connectivity index (χ1v) is 11.1. The van der Waals surface area contributed by atoms with Crippen molar-refractivity contribution in [1.29, 1.82) is 0 Å². The van der Waals surface area contributed by atoms with E-state index < -0.39 is 11.7 Å². The Morgan fingerprint density at radius 1 is 1.30 bits per heavy atom. The van der Waals surface area contributed by atoms with Crippen molar-refractivity contribution in [1.82, 2.24) is 5.32 Å². The van der Waals surface area contributed by atoms with E-state index in [1.54, 1.807) is 0 Å². The molecule has 3 rings (SSSR count). The van der Waals surface area contributed by atoms with E-state index in [4.69, 9.17) is 9.47 Å². The molecular weight excluding hydrogens is 338 g/mol. The van der Waals surface area contributed by atoms with Crippen molar-refractivity contribution < 1.29 is 14.6 Å². The van der Waals surface area contributed by atoms with Crippen molar-refractivity contribution in [3.63, 3.8) is 0 Å². The third-order valence-corrected chi connectivity index (χ3v) is 8.43. The summed E-state index contributed by atoms with van der Waals surface area (Å²) in [7, 11) is 3.91. The van der Waals surface area contributed by atoms with Crippen LogP contribution in [-0.2, 0) is 9.47 Å². The Bertz CT molecular complexity index is 538. The van der Waals surface area contributed by atoms with Gasteiger partial charge in [0.15, 0.2) is 0 Å². The molecule has 0 aromatic carbocycles. The third kappa shape index (κ3) is 3.41. The molecule has 5 unspecified atom stereocenters. The Labute approximate surface area is 166 Å². The van der Waals surface area contributed by atoms with Gasteiger partial charge < -0.3 is 19.9 Å². The zero-order valence-electron chi connectivity index (χ0n) is 18.1. The number of hydrogen-bond acceptors (Lipinski definition) is 4. The standard InChI is InChI=1S/C23H41NO3/c1-7-23-14-15(3)19(26-6)13-17(23)18(24-5)12-16-10-9-11-22(4,27-8-2)21(25)20(16)23/h16-21,24-25H,3,7-14H2,1-2,4-6H3/t16?,17-,18?,19?,20?,21-,22?,23-/m1/s1. The van der Waals surface area contributed by atoms with Crippen LogP contribution in [0.2, 0.25) is 0 Å². The fourth-order valence-electron chi connectivity index (χ4n) is 7.14. The van der Waals surface area contributed by atoms with Crippen molar-refractivity contribution in [2.75, 3.05) is 20.8 Å². The van der Waals surface area contributed by atoms with E-state index in [1.165, 1.54) is 12.0 Å². The second-order valence-electron chi connectivity index (χ2n) is 9.49. The summed E-state index contributed by atoms with van der Waals surface area (Å²) in [6.07, 6.45) is 7.20. The van der Waals surface area contributed by atoms with E-state index in [0.29, 0.717) is 24.5 Å². The highest BCUT2D eigenvalue weighted by Gasteiger charge is 2.61. The van der Waals surface area contributed by atoms with Gasteiger partial charge in [0.2, 0.25) is 0 Å². The Morgan fingerprint density at radius 2 is 2.04 bits per heavy atom. The monoisotopic (exact) mass is 379 g/mol. The quantitative estimate of drug-likeness (QED) is 0.711. The highest BCUT2D eigenvalue weighted by atomic mass is 16.5. The minimum absolute atomic E-state index is 0.0742. The fraction of sp³-hybridized carbons (Fsp3) is 0.913. The highest BCUT2D eigenvalue weighted by molar-refractivity contribution is 5.20. The van der Waals surface area contributed by atoms with E-state index in [1.807, 2.05) is 14.0 Å². The Hall–Kier alpha value is -0.420. The van der Waals surface area contributed by atoms with Crippen molar-refractivity contribution in [2.45, 2.75) is 89.6 Å². The minimum Gasteiger partial charge on any atom is -0.390 e. The zero-order chi connectivity index (χ0) is 19.8. The van der Waals surface area contributed by atoms with Gasteiger partial charge in [-0.2, -0.15) is 0 Å². The third-order valence-electron chi connectivity index (χ3n) is 8.43. The first-order chi connectivity index (χ1) is 12.9. The van der Waals surface area contributed by atoms with Gasteiger partial charge in [-0.05, 0) is 88.2 Å². The molecule has 3 saturated carbocycles. The van der Waals surface area contributed by atoms with Crippen LogP contribution >= 0.6 is 0 Å². The van der Waals surface area contributed by atoms with Crippen LogP contribution in [-0.4, -0.2) is 49.7 Å². The normalized spacial score (nSPS) is 47.9. The number of aliphatic hydroxyl groups is 1. The number of rotatable bonds is 5. The van der Waals surface area contributed by atoms with Crippen molar-refractivity contribution in [2.24, 2.45) is 23.2 Å². The summed E-state index contributed by atoms with van der Waals surface area (Å²) in [6, 6.07) is 0.487. The molecule has 0 saturated heterocycles. The number of methoxy groups -OCH3 is 1. The largest absolute Gasteiger partial charge is 0.390 e. The molecule has 4 heteroatoms. The molecule has 3 aliphatic carbocycles. The van der Waals surface area contributed by atoms with Gasteiger partial charge in [-0.1, -0.05) is 19.9 Å². The molecule has 0 heterocycles. The zero-order valence-corrected chi connectivity index (χ0v) is 18.1. The predicted octanol–water partition coefficient (Wildman–Crippen LogP) is 3.93. The molecule has 0 aromatic heterocycles. The van der Waals surface area contributed by atoms with Crippen molar-refractivity contribution in [3.05, 3.63) is 12.2 Å². The molecule has 3 aliphatic rings. The maximum Gasteiger partial charge on any atom is 0.0915 e. The first-order valence-electron chi connectivity index (χ1n) is 11.1. The highest BCUT2D eigenvalue weighted by Crippen LogP contribution is 2.62. The van der Waals surface area contributed by atoms with Gasteiger partial charge in [0, 0.05) is 19.8 Å². The predicted molar refractivity (Wildman–Crippen MR) is 110 cm³/mol. The summed E-state index contributed by atoms with van der Waals surface area (Å²) in [6.45, 7) is 11.6. The molecule has 27 heavy (non-hydrogen) atoms. The van der Waals surface area contributed by atoms with Gasteiger partial charge in [0.25, 0.3) is 0 Å². The van der Waals surface area contributed by atoms with Crippen LogP contribution in [0.3, 0.4) is 0 Å². The van der Waals surface area contributed by atoms with Crippen LogP contribution in [0.5, 0.6) is 0 Å². The van der Waals surface area contributed by atoms with E-state index in [-0.39, 0.29) is 17.4 Å². The lowest BCUT2D eigenvalue weighted by molar-refractivity contribution is -0.187. The van der Waals surface area contributed by atoms with Gasteiger partial charge >= 0.3 is 0 Å². The molecule has 156 valence electrons. The summed E-state index contributed by atoms with van der Waals surface area (Å²) in [5.74, 6) is 1.32. The SMILES string of the molecule is C=C1C[C@@]2(CC)C3C(CCCC(C)(OCC)[C@@H]3O)CC(NC)[C@H]2CC1OC. The molecule has 0 aliphatic heterocycles. The number of nitrogens with one attached hydrogen (secondary N) is 1. The van der Waals surface area contributed by atoms with Gasteiger partial charge in [-0.25, -0.2) is 0 Å². The Morgan fingerprint density at radius 3 is 2.63 bits per heavy atom. The Balaban J connectivity index is 2.05. The summed E-state index contributed by atoms with van der Waals surface area (Å²) in [5, 5.41) is 15.4. The summed E-state index contributed by atoms with van der Waals surface area (Å²) in [5.41, 5.74) is 0.845. The minimum atomic E-state index is -0.438. The van der Waals surface area contributed by atoms with E-state index in [0.717, 1.165) is 38.5 Å². The Kier molecular flexibility index (Phi) is 6.42. The van der Waals surface area contributed by atoms with E-state index >= 15 is 0 Å². The molecule has 0 spiro atoms. The molecule has 2 N–H and O–H groups in total. The molecule has 3 fully saturated rings. The van der Waals surface area contributed by atoms with Crippen LogP contribution in [0.1, 0.15) is 65.7 Å². The van der Waals surface area contributed by atoms with Crippen molar-refractivity contribution in [3.8, 4) is 0 Å². The van der Waals surface area contributed by atoms with Crippen molar-refractivity contribution >= 4 is 0 Å². The smallest absolute Gasteiger partial charge is 0.0915 e. The molecule has 0 radical (unpaired) electrons. The second kappa shape index (κ2) is 8.14. The van der Waals surface area contributed by atoms with Crippen LogP contribution in [0.25, 0.3) is 0 Å². The number of ether oxygens (including phenoxy) is 2. The van der Waals surface area contributed by atoms with Crippen LogP contribution in [0.15, 0.2) is 12.2 Å². The summed E-state index contributed by atoms with van der Waals surface area (Å²) < 4.78 is 12.0. The lowest BCUT2D eigenvalue weighted by atomic mass is 9.46. The lowest BCUT2D eigenvalue weighted by Crippen LogP contribution is -2.63. The first kappa shape index (κ1) is 21.3. The van der Waals surface area contributed by atoms with E-state index in [2.05, 4.69) is 32.8 Å². The average molecular weight is 380 g/mol. The summed E-state index contributed by atoms with van der Waals surface area (Å²) in [4.78, 5) is 0. The van der Waals surface area contributed by atoms with Gasteiger partial charge in [0.1, 0.15) is 0 Å². The molecule has 0 amide bonds. The maximum absolute atomic E-state index is 11.7. The van der Waals surface area contributed by atoms with E-state index in [9.17, 15) is 5.11 Å². The second-order valence-corrected chi connectivity index (χ2v) is 9.49.